The van der Waals surface area contributed by atoms with Crippen molar-refractivity contribution in [3.63, 3.8) is 0 Å². The highest BCUT2D eigenvalue weighted by atomic mass is 19.4. The predicted molar refractivity (Wildman–Crippen MR) is 72.9 cm³/mol. The average Bonchev–Trinajstić information content (AvgIpc) is 2.30. The summed E-state index contributed by atoms with van der Waals surface area (Å²) in [5.41, 5.74) is -0.657. The van der Waals surface area contributed by atoms with E-state index in [1.807, 2.05) is 0 Å². The molecule has 0 radical (unpaired) electrons. The maximum absolute atomic E-state index is 13.2. The molecule has 1 unspecified atom stereocenters. The third kappa shape index (κ3) is 3.50. The minimum atomic E-state index is -6.01. The van der Waals surface area contributed by atoms with Gasteiger partial charge in [0.2, 0.25) is 0 Å². The monoisotopic (exact) mass is 361 g/mol. The lowest BCUT2D eigenvalue weighted by Crippen LogP contribution is -2.67. The van der Waals surface area contributed by atoms with Gasteiger partial charge in [-0.3, -0.25) is 0 Å². The van der Waals surface area contributed by atoms with Gasteiger partial charge >= 0.3 is 18.4 Å². The van der Waals surface area contributed by atoms with Gasteiger partial charge in [0.15, 0.2) is 0 Å². The molecule has 0 bridgehead atoms. The summed E-state index contributed by atoms with van der Waals surface area (Å²) in [6, 6.07) is -1.27. The quantitative estimate of drug-likeness (QED) is 0.522. The van der Waals surface area contributed by atoms with Gasteiger partial charge in [-0.25, -0.2) is 10.2 Å². The van der Waals surface area contributed by atoms with E-state index in [0.29, 0.717) is 5.57 Å². The van der Waals surface area contributed by atoms with Crippen LogP contribution in [0, 0.1) is 11.3 Å². The Kier molecular flexibility index (Phi) is 5.01. The van der Waals surface area contributed by atoms with Crippen LogP contribution in [0.3, 0.4) is 0 Å². The van der Waals surface area contributed by atoms with E-state index in [0.717, 1.165) is 19.9 Å². The van der Waals surface area contributed by atoms with Crippen molar-refractivity contribution in [2.24, 2.45) is 22.2 Å². The number of hydrazone groups is 1. The second kappa shape index (κ2) is 5.94. The first kappa shape index (κ1) is 20.3. The molecule has 0 spiro atoms. The molecule has 0 saturated carbocycles. The van der Waals surface area contributed by atoms with Gasteiger partial charge in [0.1, 0.15) is 0 Å². The van der Waals surface area contributed by atoms with E-state index in [-0.39, 0.29) is 6.42 Å². The number of urea groups is 1. The van der Waals surface area contributed by atoms with E-state index >= 15 is 0 Å². The smallest absolute Gasteiger partial charge is 0.373 e. The summed E-state index contributed by atoms with van der Waals surface area (Å²) in [5.74, 6) is -2.50. The van der Waals surface area contributed by atoms with E-state index in [9.17, 15) is 36.2 Å². The summed E-state index contributed by atoms with van der Waals surface area (Å²) in [6.45, 7) is 3.78. The zero-order chi connectivity index (χ0) is 19.1. The molecule has 0 saturated heterocycles. The SMILES string of the molecule is CC1=CC(=NNC(N)=O)C(C(O)(C(F)(F)F)C(F)(F)F)C(C)(C)C1. The van der Waals surface area contributed by atoms with Gasteiger partial charge in [-0.2, -0.15) is 31.4 Å². The van der Waals surface area contributed by atoms with Gasteiger partial charge in [-0.15, -0.1) is 0 Å². The Balaban J connectivity index is 3.68. The molecular weight excluding hydrogens is 344 g/mol. The van der Waals surface area contributed by atoms with Crippen molar-refractivity contribution in [3.8, 4) is 0 Å². The van der Waals surface area contributed by atoms with Gasteiger partial charge in [0.05, 0.1) is 11.6 Å². The Bertz CT molecular complexity index is 563. The fraction of sp³-hybridized carbons (Fsp3) is 0.692. The molecule has 0 aromatic heterocycles. The van der Waals surface area contributed by atoms with E-state index < -0.39 is 41.0 Å². The van der Waals surface area contributed by atoms with Crippen LogP contribution < -0.4 is 11.2 Å². The van der Waals surface area contributed by atoms with Crippen molar-refractivity contribution < 1.29 is 36.2 Å². The Morgan fingerprint density at radius 2 is 1.75 bits per heavy atom. The second-order valence-corrected chi connectivity index (χ2v) is 6.36. The molecule has 0 aromatic carbocycles. The van der Waals surface area contributed by atoms with E-state index in [1.54, 1.807) is 5.43 Å². The predicted octanol–water partition coefficient (Wildman–Crippen LogP) is 2.86. The van der Waals surface area contributed by atoms with Gasteiger partial charge in [0.25, 0.3) is 5.60 Å². The lowest BCUT2D eigenvalue weighted by atomic mass is 9.61. The fourth-order valence-electron chi connectivity index (χ4n) is 3.09. The highest BCUT2D eigenvalue weighted by Crippen LogP contribution is 2.55. The summed E-state index contributed by atoms with van der Waals surface area (Å²) in [4.78, 5) is 10.7. The van der Waals surface area contributed by atoms with E-state index in [1.165, 1.54) is 6.92 Å². The highest BCUT2D eigenvalue weighted by molar-refractivity contribution is 6.00. The Labute approximate surface area is 133 Å². The number of nitrogens with zero attached hydrogens (tertiary/aromatic N) is 1. The minimum absolute atomic E-state index is 0.137. The molecule has 2 amide bonds. The average molecular weight is 361 g/mol. The molecule has 1 atom stereocenters. The fourth-order valence-corrected chi connectivity index (χ4v) is 3.09. The summed E-state index contributed by atoms with van der Waals surface area (Å²) in [6.07, 6.45) is -11.2. The molecule has 1 aliphatic carbocycles. The molecule has 11 heteroatoms. The summed E-state index contributed by atoms with van der Waals surface area (Å²) in [7, 11) is 0. The number of alkyl halides is 6. The van der Waals surface area contributed by atoms with Crippen molar-refractivity contribution >= 4 is 11.7 Å². The number of carbonyl (C=O) groups excluding carboxylic acids is 1. The Hall–Kier alpha value is -1.78. The van der Waals surface area contributed by atoms with Crippen LogP contribution in [0.1, 0.15) is 27.2 Å². The number of hydrogen-bond acceptors (Lipinski definition) is 3. The number of halogens is 6. The standard InChI is InChI=1S/C13H17F6N3O2/c1-6-4-7(21-22-9(20)23)8(10(2,3)5-6)11(24,12(14,15)16)13(17,18)19/h4,8,24H,5H2,1-3H3,(H3,20,22,23). The molecule has 0 aliphatic heterocycles. The number of nitrogens with two attached hydrogens (primary N) is 1. The van der Waals surface area contributed by atoms with E-state index in [2.05, 4.69) is 5.10 Å². The van der Waals surface area contributed by atoms with Crippen molar-refractivity contribution in [2.75, 3.05) is 0 Å². The largest absolute Gasteiger partial charge is 0.426 e. The first-order valence-electron chi connectivity index (χ1n) is 6.70. The number of rotatable bonds is 2. The van der Waals surface area contributed by atoms with Crippen molar-refractivity contribution in [3.05, 3.63) is 11.6 Å². The zero-order valence-electron chi connectivity index (χ0n) is 13.0. The second-order valence-electron chi connectivity index (χ2n) is 6.36. The first-order valence-corrected chi connectivity index (χ1v) is 6.70. The number of carbonyl (C=O) groups is 1. The first-order chi connectivity index (χ1) is 10.5. The van der Waals surface area contributed by atoms with Crippen LogP contribution in [-0.2, 0) is 0 Å². The lowest BCUT2D eigenvalue weighted by molar-refractivity contribution is -0.385. The third-order valence-electron chi connectivity index (χ3n) is 3.78. The molecular formula is C13H17F6N3O2. The molecule has 1 rings (SSSR count). The summed E-state index contributed by atoms with van der Waals surface area (Å²) in [5, 5.41) is 13.0. The van der Waals surface area contributed by atoms with Crippen molar-refractivity contribution in [1.82, 2.24) is 5.43 Å². The molecule has 138 valence electrons. The molecule has 24 heavy (non-hydrogen) atoms. The molecule has 1 aliphatic rings. The minimum Gasteiger partial charge on any atom is -0.373 e. The van der Waals surface area contributed by atoms with Gasteiger partial charge < -0.3 is 10.8 Å². The maximum Gasteiger partial charge on any atom is 0.426 e. The molecule has 0 heterocycles. The van der Waals surface area contributed by atoms with Crippen LogP contribution in [0.2, 0.25) is 0 Å². The van der Waals surface area contributed by atoms with Gasteiger partial charge in [-0.1, -0.05) is 19.4 Å². The normalized spacial score (nSPS) is 23.8. The molecule has 0 aromatic rings. The van der Waals surface area contributed by atoms with Crippen LogP contribution in [0.5, 0.6) is 0 Å². The Morgan fingerprint density at radius 1 is 1.29 bits per heavy atom. The van der Waals surface area contributed by atoms with Crippen LogP contribution >= 0.6 is 0 Å². The zero-order valence-corrected chi connectivity index (χ0v) is 13.0. The Morgan fingerprint density at radius 3 is 2.12 bits per heavy atom. The third-order valence-corrected chi connectivity index (χ3v) is 3.78. The maximum atomic E-state index is 13.2. The highest BCUT2D eigenvalue weighted by Gasteiger charge is 2.76. The molecule has 0 fully saturated rings. The molecule has 5 nitrogen and oxygen atoms in total. The number of allylic oxidation sites excluding steroid dienone is 2. The van der Waals surface area contributed by atoms with E-state index in [4.69, 9.17) is 5.73 Å². The van der Waals surface area contributed by atoms with Crippen molar-refractivity contribution in [2.45, 2.75) is 45.1 Å². The number of primary amides is 1. The topological polar surface area (TPSA) is 87.7 Å². The lowest BCUT2D eigenvalue weighted by Gasteiger charge is -2.48. The van der Waals surface area contributed by atoms with Crippen molar-refractivity contribution in [1.29, 1.82) is 0 Å². The molecule has 4 N–H and O–H groups in total. The number of hydrogen-bond donors (Lipinski definition) is 3. The number of aliphatic hydroxyl groups is 1. The van der Waals surface area contributed by atoms with Crippen LogP contribution in [-0.4, -0.2) is 34.8 Å². The summed E-state index contributed by atoms with van der Waals surface area (Å²) < 4.78 is 79.4. The number of nitrogens with one attached hydrogen (secondary N) is 1. The van der Waals surface area contributed by atoms with Crippen LogP contribution in [0.25, 0.3) is 0 Å². The van der Waals surface area contributed by atoms with Gasteiger partial charge in [0, 0.05) is 0 Å². The summed E-state index contributed by atoms with van der Waals surface area (Å²) >= 11 is 0. The van der Waals surface area contributed by atoms with Gasteiger partial charge in [-0.05, 0) is 24.8 Å². The van der Waals surface area contributed by atoms with Crippen LogP contribution in [0.4, 0.5) is 31.1 Å². The number of amides is 2. The van der Waals surface area contributed by atoms with Crippen LogP contribution in [0.15, 0.2) is 16.8 Å².